The van der Waals surface area contributed by atoms with Gasteiger partial charge in [0.05, 0.1) is 25.1 Å². The van der Waals surface area contributed by atoms with Crippen molar-refractivity contribution in [2.24, 2.45) is 0 Å². The summed E-state index contributed by atoms with van der Waals surface area (Å²) in [6, 6.07) is 7.29. The number of hydrogen-bond donors (Lipinski definition) is 0. The van der Waals surface area contributed by atoms with E-state index in [0.717, 1.165) is 36.5 Å². The van der Waals surface area contributed by atoms with Crippen LogP contribution in [0.15, 0.2) is 29.4 Å². The van der Waals surface area contributed by atoms with Gasteiger partial charge in [-0.1, -0.05) is 11.8 Å². The number of Topliss-reactive ketones (excluding diaryl/α,β-unsaturated/α-hetero) is 1. The van der Waals surface area contributed by atoms with Crippen LogP contribution in [0, 0.1) is 0 Å². The number of hydrogen-bond acceptors (Lipinski definition) is 7. The molecule has 3 rings (SSSR count). The lowest BCUT2D eigenvalue weighted by Gasteiger charge is -2.27. The van der Waals surface area contributed by atoms with E-state index in [4.69, 9.17) is 9.47 Å². The molecular formula is C19H26N4O3S. The van der Waals surface area contributed by atoms with Crippen molar-refractivity contribution in [2.75, 3.05) is 37.8 Å². The van der Waals surface area contributed by atoms with Crippen LogP contribution in [-0.4, -0.2) is 58.7 Å². The first kappa shape index (κ1) is 19.7. The summed E-state index contributed by atoms with van der Waals surface area (Å²) in [6.45, 7) is 10.3. The van der Waals surface area contributed by atoms with Gasteiger partial charge in [-0.3, -0.25) is 9.36 Å². The number of benzene rings is 1. The molecule has 7 nitrogen and oxygen atoms in total. The van der Waals surface area contributed by atoms with Crippen LogP contribution < -0.4 is 9.64 Å². The van der Waals surface area contributed by atoms with Crippen molar-refractivity contribution in [1.82, 2.24) is 14.8 Å². The Balaban J connectivity index is 1.70. The average molecular weight is 391 g/mol. The molecule has 1 aromatic carbocycles. The SMILES string of the molecule is CCOc1ccc(C(=O)[C@H](C)Sc2nnc(N3CCOCC3)n2CC)cc1. The molecule has 146 valence electrons. The molecule has 1 atom stereocenters. The molecule has 0 aliphatic carbocycles. The molecule has 0 unspecified atom stereocenters. The maximum atomic E-state index is 12.8. The molecule has 1 aliphatic rings. The summed E-state index contributed by atoms with van der Waals surface area (Å²) in [5.41, 5.74) is 0.675. The highest BCUT2D eigenvalue weighted by Crippen LogP contribution is 2.28. The van der Waals surface area contributed by atoms with E-state index in [1.807, 2.05) is 38.1 Å². The molecular weight excluding hydrogens is 364 g/mol. The second-order valence-corrected chi connectivity index (χ2v) is 7.52. The number of aromatic nitrogens is 3. The van der Waals surface area contributed by atoms with E-state index in [1.54, 1.807) is 0 Å². The minimum Gasteiger partial charge on any atom is -0.494 e. The Morgan fingerprint density at radius 2 is 1.93 bits per heavy atom. The van der Waals surface area contributed by atoms with Crippen molar-refractivity contribution >= 4 is 23.5 Å². The van der Waals surface area contributed by atoms with Crippen LogP contribution in [0.1, 0.15) is 31.1 Å². The van der Waals surface area contributed by atoms with Gasteiger partial charge in [0, 0.05) is 25.2 Å². The van der Waals surface area contributed by atoms with Crippen molar-refractivity contribution < 1.29 is 14.3 Å². The molecule has 1 saturated heterocycles. The molecule has 0 N–H and O–H groups in total. The first-order chi connectivity index (χ1) is 13.1. The third-order valence-corrected chi connectivity index (χ3v) is 5.49. The van der Waals surface area contributed by atoms with E-state index in [1.165, 1.54) is 11.8 Å². The van der Waals surface area contributed by atoms with E-state index in [-0.39, 0.29) is 11.0 Å². The van der Waals surface area contributed by atoms with Gasteiger partial charge in [0.2, 0.25) is 5.95 Å². The number of carbonyl (C=O) groups is 1. The van der Waals surface area contributed by atoms with Gasteiger partial charge in [-0.2, -0.15) is 0 Å². The molecule has 1 aromatic heterocycles. The molecule has 2 aromatic rings. The van der Waals surface area contributed by atoms with Crippen molar-refractivity contribution in [3.8, 4) is 5.75 Å². The smallest absolute Gasteiger partial charge is 0.228 e. The Kier molecular flexibility index (Phi) is 6.73. The predicted molar refractivity (Wildman–Crippen MR) is 106 cm³/mol. The molecule has 1 fully saturated rings. The van der Waals surface area contributed by atoms with Gasteiger partial charge in [0.15, 0.2) is 10.9 Å². The first-order valence-corrected chi connectivity index (χ1v) is 10.2. The van der Waals surface area contributed by atoms with Crippen LogP contribution in [0.2, 0.25) is 0 Å². The number of carbonyl (C=O) groups excluding carboxylic acids is 1. The highest BCUT2D eigenvalue weighted by molar-refractivity contribution is 8.00. The molecule has 0 amide bonds. The summed E-state index contributed by atoms with van der Waals surface area (Å²) >= 11 is 1.45. The van der Waals surface area contributed by atoms with Crippen LogP contribution in [-0.2, 0) is 11.3 Å². The normalized spacial score (nSPS) is 15.6. The minimum atomic E-state index is -0.255. The first-order valence-electron chi connectivity index (χ1n) is 9.33. The quantitative estimate of drug-likeness (QED) is 0.507. The van der Waals surface area contributed by atoms with Gasteiger partial charge in [0.1, 0.15) is 5.75 Å². The third kappa shape index (κ3) is 4.62. The molecule has 2 heterocycles. The zero-order chi connectivity index (χ0) is 19.2. The monoisotopic (exact) mass is 390 g/mol. The van der Waals surface area contributed by atoms with E-state index < -0.39 is 0 Å². The standard InChI is InChI=1S/C19H26N4O3S/c1-4-23-18(22-10-12-25-13-11-22)20-21-19(23)27-14(3)17(24)15-6-8-16(9-7-15)26-5-2/h6-9,14H,4-5,10-13H2,1-3H3/t14-/m0/s1. The lowest BCUT2D eigenvalue weighted by Crippen LogP contribution is -2.38. The average Bonchev–Trinajstić information content (AvgIpc) is 3.11. The fourth-order valence-corrected chi connectivity index (χ4v) is 3.96. The van der Waals surface area contributed by atoms with Crippen molar-refractivity contribution in [3.05, 3.63) is 29.8 Å². The van der Waals surface area contributed by atoms with Gasteiger partial charge in [-0.25, -0.2) is 0 Å². The Morgan fingerprint density at radius 1 is 1.22 bits per heavy atom. The van der Waals surface area contributed by atoms with E-state index >= 15 is 0 Å². The fourth-order valence-electron chi connectivity index (χ4n) is 2.97. The molecule has 0 saturated carbocycles. The van der Waals surface area contributed by atoms with E-state index in [0.29, 0.717) is 25.4 Å². The predicted octanol–water partition coefficient (Wildman–Crippen LogP) is 2.90. The number of ether oxygens (including phenoxy) is 2. The van der Waals surface area contributed by atoms with Crippen molar-refractivity contribution in [1.29, 1.82) is 0 Å². The molecule has 0 spiro atoms. The molecule has 0 bridgehead atoms. The minimum absolute atomic E-state index is 0.0709. The highest BCUT2D eigenvalue weighted by Gasteiger charge is 2.23. The van der Waals surface area contributed by atoms with Gasteiger partial charge < -0.3 is 14.4 Å². The lowest BCUT2D eigenvalue weighted by atomic mass is 10.1. The number of morpholine rings is 1. The van der Waals surface area contributed by atoms with Crippen LogP contribution >= 0.6 is 11.8 Å². The molecule has 1 aliphatic heterocycles. The van der Waals surface area contributed by atoms with E-state index in [2.05, 4.69) is 26.6 Å². The summed E-state index contributed by atoms with van der Waals surface area (Å²) in [5, 5.41) is 9.22. The lowest BCUT2D eigenvalue weighted by molar-refractivity contribution is 0.0994. The van der Waals surface area contributed by atoms with Crippen molar-refractivity contribution in [2.45, 2.75) is 37.7 Å². The van der Waals surface area contributed by atoms with Gasteiger partial charge in [-0.15, -0.1) is 10.2 Å². The van der Waals surface area contributed by atoms with Crippen LogP contribution in [0.3, 0.4) is 0 Å². The van der Waals surface area contributed by atoms with Crippen molar-refractivity contribution in [3.63, 3.8) is 0 Å². The summed E-state index contributed by atoms with van der Waals surface area (Å²) in [7, 11) is 0. The van der Waals surface area contributed by atoms with Gasteiger partial charge in [-0.05, 0) is 45.0 Å². The Hall–Kier alpha value is -2.06. The van der Waals surface area contributed by atoms with Gasteiger partial charge >= 0.3 is 0 Å². The zero-order valence-corrected chi connectivity index (χ0v) is 16.9. The topological polar surface area (TPSA) is 69.5 Å². The Morgan fingerprint density at radius 3 is 2.56 bits per heavy atom. The fraction of sp³-hybridized carbons (Fsp3) is 0.526. The van der Waals surface area contributed by atoms with Crippen LogP contribution in [0.4, 0.5) is 5.95 Å². The molecule has 0 radical (unpaired) electrons. The number of thioether (sulfide) groups is 1. The Labute approximate surface area is 164 Å². The van der Waals surface area contributed by atoms with Crippen LogP contribution in [0.5, 0.6) is 5.75 Å². The summed E-state index contributed by atoms with van der Waals surface area (Å²) in [6.07, 6.45) is 0. The summed E-state index contributed by atoms with van der Waals surface area (Å²) < 4.78 is 12.9. The number of ketones is 1. The maximum absolute atomic E-state index is 12.8. The van der Waals surface area contributed by atoms with E-state index in [9.17, 15) is 4.79 Å². The number of rotatable bonds is 8. The van der Waals surface area contributed by atoms with Crippen LogP contribution in [0.25, 0.3) is 0 Å². The Bertz CT molecular complexity index is 757. The summed E-state index contributed by atoms with van der Waals surface area (Å²) in [5.74, 6) is 1.70. The second kappa shape index (κ2) is 9.23. The zero-order valence-electron chi connectivity index (χ0n) is 16.1. The molecule has 27 heavy (non-hydrogen) atoms. The second-order valence-electron chi connectivity index (χ2n) is 6.21. The van der Waals surface area contributed by atoms with Gasteiger partial charge in [0.25, 0.3) is 0 Å². The third-order valence-electron chi connectivity index (χ3n) is 4.41. The molecule has 8 heteroatoms. The number of anilines is 1. The maximum Gasteiger partial charge on any atom is 0.228 e. The number of nitrogens with zero attached hydrogens (tertiary/aromatic N) is 4. The summed E-state index contributed by atoms with van der Waals surface area (Å²) in [4.78, 5) is 15.0. The largest absolute Gasteiger partial charge is 0.494 e. The highest BCUT2D eigenvalue weighted by atomic mass is 32.2.